The number of benzene rings is 2. The summed E-state index contributed by atoms with van der Waals surface area (Å²) in [5.74, 6) is -0.872. The average Bonchev–Trinajstić information content (AvgIpc) is 3.39. The number of aromatic nitrogens is 4. The number of tetrazole rings is 1. The van der Waals surface area contributed by atoms with Crippen molar-refractivity contribution in [2.75, 3.05) is 6.61 Å². The van der Waals surface area contributed by atoms with Gasteiger partial charge in [0, 0.05) is 12.8 Å². The van der Waals surface area contributed by atoms with E-state index >= 15 is 0 Å². The number of nitrogens with one attached hydrogen (secondary N) is 2. The van der Waals surface area contributed by atoms with Gasteiger partial charge in [-0.2, -0.15) is 31.6 Å². The van der Waals surface area contributed by atoms with Crippen LogP contribution in [0.4, 0.5) is 26.3 Å². The molecular formula is C26H25F6N5O2. The fourth-order valence-corrected chi connectivity index (χ4v) is 4.44. The van der Waals surface area contributed by atoms with Crippen LogP contribution >= 0.6 is 0 Å². The van der Waals surface area contributed by atoms with E-state index in [9.17, 15) is 31.1 Å². The highest BCUT2D eigenvalue weighted by Gasteiger charge is 2.59. The topological polar surface area (TPSA) is 92.8 Å². The van der Waals surface area contributed by atoms with Gasteiger partial charge in [-0.1, -0.05) is 42.0 Å². The van der Waals surface area contributed by atoms with Crippen LogP contribution in [0.2, 0.25) is 0 Å². The number of nitrogens with zero attached hydrogens (tertiary/aromatic N) is 3. The Bertz CT molecular complexity index is 1300. The Balaban J connectivity index is 1.61. The Kier molecular flexibility index (Phi) is 7.98. The molecular weight excluding hydrogens is 528 g/mol. The SMILES string of the molecule is Cc1ccc(C2=C(c3nn[nH]n3)C(=O)N[C@@](c3ccc(OCCCCCC(F)(F)F)cc3)(C(F)(F)F)C2)cc1. The van der Waals surface area contributed by atoms with Crippen LogP contribution in [0, 0.1) is 6.92 Å². The zero-order valence-corrected chi connectivity index (χ0v) is 20.8. The number of hydrogen-bond donors (Lipinski definition) is 2. The predicted molar refractivity (Wildman–Crippen MR) is 129 cm³/mol. The number of hydrogen-bond acceptors (Lipinski definition) is 5. The van der Waals surface area contributed by atoms with Crippen molar-refractivity contribution in [1.29, 1.82) is 0 Å². The number of ether oxygens (including phenoxy) is 1. The van der Waals surface area contributed by atoms with E-state index < -0.39 is 36.6 Å². The molecule has 3 aromatic rings. The first-order valence-corrected chi connectivity index (χ1v) is 12.1. The zero-order chi connectivity index (χ0) is 28.3. The second kappa shape index (κ2) is 11.1. The van der Waals surface area contributed by atoms with E-state index in [0.717, 1.165) is 5.56 Å². The molecule has 2 aromatic carbocycles. The molecule has 0 unspecified atom stereocenters. The minimum absolute atomic E-state index is 0.0255. The van der Waals surface area contributed by atoms with Crippen molar-refractivity contribution in [1.82, 2.24) is 25.9 Å². The maximum absolute atomic E-state index is 14.8. The molecule has 0 saturated heterocycles. The molecule has 13 heteroatoms. The first-order valence-electron chi connectivity index (χ1n) is 12.1. The lowest BCUT2D eigenvalue weighted by Gasteiger charge is -2.41. The quantitative estimate of drug-likeness (QED) is 0.254. The number of unbranched alkanes of at least 4 members (excludes halogenated alkanes) is 2. The van der Waals surface area contributed by atoms with E-state index in [0.29, 0.717) is 18.4 Å². The number of carbonyl (C=O) groups excluding carboxylic acids is 1. The van der Waals surface area contributed by atoms with Crippen LogP contribution in [0.3, 0.4) is 0 Å². The summed E-state index contributed by atoms with van der Waals surface area (Å²) in [6.07, 6.45) is -9.96. The molecule has 1 atom stereocenters. The van der Waals surface area contributed by atoms with Crippen LogP contribution in [-0.2, 0) is 10.3 Å². The van der Waals surface area contributed by atoms with E-state index in [4.69, 9.17) is 4.74 Å². The molecule has 0 radical (unpaired) electrons. The van der Waals surface area contributed by atoms with Crippen LogP contribution in [-0.4, -0.2) is 45.5 Å². The molecule has 0 spiro atoms. The molecule has 1 amide bonds. The van der Waals surface area contributed by atoms with Crippen LogP contribution in [0.25, 0.3) is 11.1 Å². The third-order valence-corrected chi connectivity index (χ3v) is 6.47. The molecule has 39 heavy (non-hydrogen) atoms. The fourth-order valence-electron chi connectivity index (χ4n) is 4.44. The van der Waals surface area contributed by atoms with Gasteiger partial charge in [0.2, 0.25) is 5.82 Å². The first kappa shape index (κ1) is 28.1. The van der Waals surface area contributed by atoms with Gasteiger partial charge in [-0.25, -0.2) is 0 Å². The highest BCUT2D eigenvalue weighted by Crippen LogP contribution is 2.49. The highest BCUT2D eigenvalue weighted by atomic mass is 19.4. The minimum atomic E-state index is -4.89. The molecule has 2 heterocycles. The van der Waals surface area contributed by atoms with Crippen molar-refractivity contribution in [2.24, 2.45) is 0 Å². The van der Waals surface area contributed by atoms with Gasteiger partial charge in [-0.05, 0) is 60.2 Å². The van der Waals surface area contributed by atoms with Crippen molar-refractivity contribution in [3.63, 3.8) is 0 Å². The number of alkyl halides is 6. The number of H-pyrrole nitrogens is 1. The summed E-state index contributed by atoms with van der Waals surface area (Å²) in [6.45, 7) is 1.95. The summed E-state index contributed by atoms with van der Waals surface area (Å²) in [6, 6.07) is 11.9. The molecule has 1 aliphatic rings. The smallest absolute Gasteiger partial charge is 0.416 e. The molecule has 0 fully saturated rings. The number of rotatable bonds is 9. The van der Waals surface area contributed by atoms with Gasteiger partial charge in [0.1, 0.15) is 5.75 Å². The van der Waals surface area contributed by atoms with E-state index in [2.05, 4.69) is 25.9 Å². The number of halogens is 6. The summed E-state index contributed by atoms with van der Waals surface area (Å²) in [4.78, 5) is 13.2. The Morgan fingerprint density at radius 3 is 2.23 bits per heavy atom. The van der Waals surface area contributed by atoms with Gasteiger partial charge >= 0.3 is 12.4 Å². The number of aryl methyl sites for hydroxylation is 1. The van der Waals surface area contributed by atoms with Crippen LogP contribution < -0.4 is 10.1 Å². The Morgan fingerprint density at radius 1 is 0.949 bits per heavy atom. The summed E-state index contributed by atoms with van der Waals surface area (Å²) in [5.41, 5.74) is -1.67. The maximum Gasteiger partial charge on any atom is 0.416 e. The van der Waals surface area contributed by atoms with Crippen LogP contribution in [0.15, 0.2) is 48.5 Å². The molecule has 0 saturated carbocycles. The largest absolute Gasteiger partial charge is 0.494 e. The molecule has 2 N–H and O–H groups in total. The number of carbonyl (C=O) groups is 1. The zero-order valence-electron chi connectivity index (χ0n) is 20.8. The molecule has 7 nitrogen and oxygen atoms in total. The molecule has 1 aliphatic heterocycles. The average molecular weight is 554 g/mol. The van der Waals surface area contributed by atoms with E-state index in [1.165, 1.54) is 24.3 Å². The monoisotopic (exact) mass is 553 g/mol. The third-order valence-electron chi connectivity index (χ3n) is 6.47. The molecule has 1 aromatic heterocycles. The van der Waals surface area contributed by atoms with E-state index in [1.807, 2.05) is 6.92 Å². The van der Waals surface area contributed by atoms with Crippen molar-refractivity contribution >= 4 is 17.1 Å². The van der Waals surface area contributed by atoms with Gasteiger partial charge in [0.15, 0.2) is 5.54 Å². The number of aromatic amines is 1. The minimum Gasteiger partial charge on any atom is -0.494 e. The van der Waals surface area contributed by atoms with Crippen LogP contribution in [0.1, 0.15) is 54.6 Å². The third kappa shape index (κ3) is 6.40. The summed E-state index contributed by atoms with van der Waals surface area (Å²) in [7, 11) is 0. The lowest BCUT2D eigenvalue weighted by Crippen LogP contribution is -2.58. The van der Waals surface area contributed by atoms with Crippen molar-refractivity contribution in [3.8, 4) is 5.75 Å². The maximum atomic E-state index is 14.8. The van der Waals surface area contributed by atoms with Crippen molar-refractivity contribution in [3.05, 3.63) is 71.0 Å². The van der Waals surface area contributed by atoms with Crippen LogP contribution in [0.5, 0.6) is 5.75 Å². The van der Waals surface area contributed by atoms with Gasteiger partial charge < -0.3 is 10.1 Å². The van der Waals surface area contributed by atoms with Gasteiger partial charge in [0.25, 0.3) is 5.91 Å². The Morgan fingerprint density at radius 2 is 1.64 bits per heavy atom. The first-order chi connectivity index (χ1) is 18.4. The van der Waals surface area contributed by atoms with Gasteiger partial charge in [-0.15, -0.1) is 10.2 Å². The predicted octanol–water partition coefficient (Wildman–Crippen LogP) is 5.90. The molecule has 208 valence electrons. The summed E-state index contributed by atoms with van der Waals surface area (Å²) < 4.78 is 86.6. The normalized spacial score (nSPS) is 18.3. The van der Waals surface area contributed by atoms with E-state index in [1.54, 1.807) is 24.3 Å². The molecule has 0 aliphatic carbocycles. The molecule has 0 bridgehead atoms. The molecule has 4 rings (SSSR count). The van der Waals surface area contributed by atoms with Gasteiger partial charge in [0.05, 0.1) is 12.2 Å². The second-order valence-electron chi connectivity index (χ2n) is 9.29. The van der Waals surface area contributed by atoms with E-state index in [-0.39, 0.29) is 41.3 Å². The Labute approximate surface area is 219 Å². The lowest BCUT2D eigenvalue weighted by molar-refractivity contribution is -0.201. The number of amides is 1. The second-order valence-corrected chi connectivity index (χ2v) is 9.29. The van der Waals surface area contributed by atoms with Gasteiger partial charge in [-0.3, -0.25) is 4.79 Å². The summed E-state index contributed by atoms with van der Waals surface area (Å²) in [5, 5.41) is 15.5. The van der Waals surface area contributed by atoms with Crippen molar-refractivity contribution < 1.29 is 35.9 Å². The summed E-state index contributed by atoms with van der Waals surface area (Å²) >= 11 is 0. The lowest BCUT2D eigenvalue weighted by atomic mass is 9.76. The Hall–Kier alpha value is -3.90. The van der Waals surface area contributed by atoms with Crippen molar-refractivity contribution in [2.45, 2.75) is 56.9 Å². The fraction of sp³-hybridized carbons (Fsp3) is 0.385. The highest BCUT2D eigenvalue weighted by molar-refractivity contribution is 6.27. The standard InChI is InChI=1S/C26H25F6N5O2/c1-16-5-7-17(8-6-16)20-15-24(26(30,31)32,33-23(38)21(20)22-34-36-37-35-22)18-9-11-19(12-10-18)39-14-4-2-3-13-25(27,28)29/h5-12H,2-4,13-15H2,1H3,(H,33,38)(H,34,35,36,37)/t24-/m0/s1.